The van der Waals surface area contributed by atoms with E-state index >= 15 is 0 Å². The largest absolute Gasteiger partial charge is 0.297 e. The predicted molar refractivity (Wildman–Crippen MR) is 76.6 cm³/mol. The molecule has 0 saturated heterocycles. The van der Waals surface area contributed by atoms with E-state index < -0.39 is 0 Å². The molecule has 1 atom stereocenters. The molecule has 0 bridgehead atoms. The van der Waals surface area contributed by atoms with Gasteiger partial charge >= 0.3 is 0 Å². The quantitative estimate of drug-likeness (QED) is 0.662. The van der Waals surface area contributed by atoms with Gasteiger partial charge in [0.05, 0.1) is 5.69 Å². The number of hydrogen-bond donors (Lipinski definition) is 0. The number of hydrogen-bond acceptors (Lipinski definition) is 2. The maximum absolute atomic E-state index is 13.3. The van der Waals surface area contributed by atoms with Crippen molar-refractivity contribution in [3.63, 3.8) is 0 Å². The molecule has 5 heteroatoms. The van der Waals surface area contributed by atoms with E-state index in [1.54, 1.807) is 23.5 Å². The number of fused-ring (bicyclic) bond motifs is 1. The summed E-state index contributed by atoms with van der Waals surface area (Å²) in [4.78, 5) is 5.51. The summed E-state index contributed by atoms with van der Waals surface area (Å²) in [5, 5.41) is 2.00. The van der Waals surface area contributed by atoms with E-state index in [4.69, 9.17) is 11.6 Å². The summed E-state index contributed by atoms with van der Waals surface area (Å²) in [6.07, 6.45) is 4.71. The highest BCUT2D eigenvalue weighted by atomic mass is 35.5. The number of halogens is 2. The van der Waals surface area contributed by atoms with Crippen molar-refractivity contribution in [3.05, 3.63) is 59.1 Å². The van der Waals surface area contributed by atoms with E-state index in [2.05, 4.69) is 4.98 Å². The molecule has 2 heterocycles. The fourth-order valence-electron chi connectivity index (χ4n) is 2.15. The predicted octanol–water partition coefficient (Wildman–Crippen LogP) is 4.10. The molecule has 1 unspecified atom stereocenters. The van der Waals surface area contributed by atoms with E-state index in [-0.39, 0.29) is 11.7 Å². The number of nitrogens with zero attached hydrogens (tertiary/aromatic N) is 2. The Balaban J connectivity index is 1.85. The molecule has 98 valence electrons. The zero-order valence-corrected chi connectivity index (χ0v) is 11.7. The topological polar surface area (TPSA) is 17.3 Å². The molecule has 0 radical (unpaired) electrons. The van der Waals surface area contributed by atoms with E-state index in [0.29, 0.717) is 5.88 Å². The lowest BCUT2D eigenvalue weighted by molar-refractivity contribution is 0.621. The van der Waals surface area contributed by atoms with Crippen molar-refractivity contribution in [2.75, 3.05) is 5.88 Å². The van der Waals surface area contributed by atoms with Gasteiger partial charge in [-0.2, -0.15) is 0 Å². The van der Waals surface area contributed by atoms with Crippen LogP contribution in [0.1, 0.15) is 17.2 Å². The first-order chi connectivity index (χ1) is 9.26. The Morgan fingerprint density at radius 3 is 3.05 bits per heavy atom. The molecule has 3 rings (SSSR count). The van der Waals surface area contributed by atoms with Gasteiger partial charge in [0, 0.05) is 29.6 Å². The van der Waals surface area contributed by atoms with Crippen LogP contribution in [0.4, 0.5) is 4.39 Å². The van der Waals surface area contributed by atoms with Gasteiger partial charge in [0.15, 0.2) is 4.96 Å². The van der Waals surface area contributed by atoms with E-state index in [0.717, 1.165) is 22.6 Å². The van der Waals surface area contributed by atoms with Gasteiger partial charge in [-0.05, 0) is 24.1 Å². The summed E-state index contributed by atoms with van der Waals surface area (Å²) in [5.74, 6) is 0.314. The highest BCUT2D eigenvalue weighted by Crippen LogP contribution is 2.23. The lowest BCUT2D eigenvalue weighted by Gasteiger charge is -2.12. The first-order valence-corrected chi connectivity index (χ1v) is 7.40. The first kappa shape index (κ1) is 12.6. The van der Waals surface area contributed by atoms with Crippen molar-refractivity contribution >= 4 is 27.9 Å². The summed E-state index contributed by atoms with van der Waals surface area (Å²) in [7, 11) is 0. The fourth-order valence-corrected chi connectivity index (χ4v) is 3.16. The second-order valence-corrected chi connectivity index (χ2v) is 5.62. The third-order valence-corrected chi connectivity index (χ3v) is 4.25. The molecule has 0 aliphatic carbocycles. The summed E-state index contributed by atoms with van der Waals surface area (Å²) < 4.78 is 15.3. The molecule has 19 heavy (non-hydrogen) atoms. The summed E-state index contributed by atoms with van der Waals surface area (Å²) in [6, 6.07) is 6.62. The molecule has 0 N–H and O–H groups in total. The molecule has 0 amide bonds. The Labute approximate surface area is 119 Å². The van der Waals surface area contributed by atoms with Crippen molar-refractivity contribution < 1.29 is 4.39 Å². The average Bonchev–Trinajstić information content (AvgIpc) is 2.96. The maximum Gasteiger partial charge on any atom is 0.193 e. The molecule has 2 aromatic heterocycles. The normalized spacial score (nSPS) is 12.9. The lowest BCUT2D eigenvalue weighted by Crippen LogP contribution is -2.05. The Morgan fingerprint density at radius 1 is 1.42 bits per heavy atom. The molecule has 0 fully saturated rings. The minimum atomic E-state index is -0.224. The van der Waals surface area contributed by atoms with Gasteiger partial charge in [0.25, 0.3) is 0 Å². The van der Waals surface area contributed by atoms with Gasteiger partial charge in [-0.3, -0.25) is 4.40 Å². The van der Waals surface area contributed by atoms with Crippen LogP contribution in [0.5, 0.6) is 0 Å². The van der Waals surface area contributed by atoms with Crippen molar-refractivity contribution in [2.24, 2.45) is 0 Å². The number of benzene rings is 1. The van der Waals surface area contributed by atoms with E-state index in [1.165, 1.54) is 6.07 Å². The zero-order chi connectivity index (χ0) is 13.2. The van der Waals surface area contributed by atoms with Crippen LogP contribution in [0.3, 0.4) is 0 Å². The van der Waals surface area contributed by atoms with Gasteiger partial charge in [0.2, 0.25) is 0 Å². The third kappa shape index (κ3) is 2.65. The molecule has 1 aromatic carbocycles. The molecule has 2 nitrogen and oxygen atoms in total. The van der Waals surface area contributed by atoms with Crippen LogP contribution in [0.15, 0.2) is 42.0 Å². The van der Waals surface area contributed by atoms with Crippen molar-refractivity contribution in [2.45, 2.75) is 12.3 Å². The van der Waals surface area contributed by atoms with E-state index in [9.17, 15) is 4.39 Å². The van der Waals surface area contributed by atoms with Gasteiger partial charge in [-0.1, -0.05) is 12.1 Å². The van der Waals surface area contributed by atoms with Gasteiger partial charge in [-0.15, -0.1) is 22.9 Å². The summed E-state index contributed by atoms with van der Waals surface area (Å²) in [6.45, 7) is 0. The number of imidazole rings is 1. The van der Waals surface area contributed by atoms with Crippen LogP contribution in [0, 0.1) is 5.82 Å². The highest BCUT2D eigenvalue weighted by Gasteiger charge is 2.14. The molecular weight excluding hydrogens is 283 g/mol. The third-order valence-electron chi connectivity index (χ3n) is 3.11. The Hall–Kier alpha value is -1.39. The summed E-state index contributed by atoms with van der Waals surface area (Å²) >= 11 is 7.62. The fraction of sp³-hybridized carbons (Fsp3) is 0.214. The van der Waals surface area contributed by atoms with Crippen LogP contribution in [0.2, 0.25) is 0 Å². The van der Waals surface area contributed by atoms with Crippen LogP contribution in [-0.4, -0.2) is 15.3 Å². The van der Waals surface area contributed by atoms with Gasteiger partial charge < -0.3 is 0 Å². The minimum absolute atomic E-state index is 0.0852. The smallest absolute Gasteiger partial charge is 0.193 e. The van der Waals surface area contributed by atoms with Crippen LogP contribution >= 0.6 is 22.9 Å². The standard InChI is InChI=1S/C14H12ClFN2S/c15-8-11(10-2-1-3-12(16)6-10)7-13-9-18-4-5-19-14(18)17-13/h1-6,9,11H,7-8H2. The van der Waals surface area contributed by atoms with Crippen molar-refractivity contribution in [3.8, 4) is 0 Å². The second kappa shape index (κ2) is 5.31. The SMILES string of the molecule is Fc1cccc(C(CCl)Cc2cn3ccsc3n2)c1. The lowest BCUT2D eigenvalue weighted by atomic mass is 9.96. The van der Waals surface area contributed by atoms with Crippen LogP contribution in [-0.2, 0) is 6.42 Å². The Kier molecular flexibility index (Phi) is 3.53. The average molecular weight is 295 g/mol. The van der Waals surface area contributed by atoms with Crippen molar-refractivity contribution in [1.82, 2.24) is 9.38 Å². The molecule has 0 saturated carbocycles. The first-order valence-electron chi connectivity index (χ1n) is 5.99. The Bertz CT molecular complexity index is 663. The maximum atomic E-state index is 13.3. The second-order valence-electron chi connectivity index (χ2n) is 4.44. The Morgan fingerprint density at radius 2 is 2.32 bits per heavy atom. The number of thiazole rings is 1. The zero-order valence-electron chi connectivity index (χ0n) is 10.1. The number of aromatic nitrogens is 2. The number of alkyl halides is 1. The number of rotatable bonds is 4. The van der Waals surface area contributed by atoms with Crippen LogP contribution < -0.4 is 0 Å². The minimum Gasteiger partial charge on any atom is -0.297 e. The van der Waals surface area contributed by atoms with Crippen LogP contribution in [0.25, 0.3) is 4.96 Å². The van der Waals surface area contributed by atoms with Gasteiger partial charge in [0.1, 0.15) is 5.82 Å². The highest BCUT2D eigenvalue weighted by molar-refractivity contribution is 7.15. The monoisotopic (exact) mass is 294 g/mol. The van der Waals surface area contributed by atoms with E-state index in [1.807, 2.05) is 28.2 Å². The summed E-state index contributed by atoms with van der Waals surface area (Å²) in [5.41, 5.74) is 1.91. The molecule has 0 aliphatic heterocycles. The van der Waals surface area contributed by atoms with Crippen molar-refractivity contribution in [1.29, 1.82) is 0 Å². The molecule has 0 spiro atoms. The van der Waals surface area contributed by atoms with Gasteiger partial charge in [-0.25, -0.2) is 9.37 Å². The molecule has 3 aromatic rings. The molecule has 0 aliphatic rings. The molecular formula is C14H12ClFN2S.